The Morgan fingerprint density at radius 2 is 1.74 bits per heavy atom. The third kappa shape index (κ3) is 4.95. The SMILES string of the molecule is CC(NC(=O)c1cccc(NC(=O)C2CC2)c1)c1ccc(S(C)(=O)=O)cc1. The molecule has 0 radical (unpaired) electrons. The van der Waals surface area contributed by atoms with E-state index < -0.39 is 9.84 Å². The molecule has 0 heterocycles. The second-order valence-corrected chi connectivity index (χ2v) is 8.90. The number of amides is 2. The molecule has 1 fully saturated rings. The molecule has 1 aliphatic rings. The van der Waals surface area contributed by atoms with E-state index in [0.29, 0.717) is 11.3 Å². The van der Waals surface area contributed by atoms with E-state index in [1.807, 2.05) is 6.92 Å². The van der Waals surface area contributed by atoms with Crippen molar-refractivity contribution < 1.29 is 18.0 Å². The number of benzene rings is 2. The molecule has 2 N–H and O–H groups in total. The second kappa shape index (κ2) is 7.52. The van der Waals surface area contributed by atoms with E-state index in [0.717, 1.165) is 24.7 Å². The largest absolute Gasteiger partial charge is 0.346 e. The van der Waals surface area contributed by atoms with Gasteiger partial charge in [-0.15, -0.1) is 0 Å². The van der Waals surface area contributed by atoms with Crippen LogP contribution in [0, 0.1) is 5.92 Å². The first-order valence-corrected chi connectivity index (χ1v) is 10.6. The molecule has 2 amide bonds. The lowest BCUT2D eigenvalue weighted by molar-refractivity contribution is -0.117. The number of nitrogens with one attached hydrogen (secondary N) is 2. The zero-order chi connectivity index (χ0) is 19.6. The summed E-state index contributed by atoms with van der Waals surface area (Å²) in [6.45, 7) is 1.83. The first kappa shape index (κ1) is 19.1. The highest BCUT2D eigenvalue weighted by Gasteiger charge is 2.29. The molecule has 0 bridgehead atoms. The van der Waals surface area contributed by atoms with Crippen LogP contribution >= 0.6 is 0 Å². The van der Waals surface area contributed by atoms with Crippen molar-refractivity contribution in [1.82, 2.24) is 5.32 Å². The average Bonchev–Trinajstić information content (AvgIpc) is 3.46. The molecule has 0 saturated heterocycles. The first-order chi connectivity index (χ1) is 12.7. The Balaban J connectivity index is 1.66. The van der Waals surface area contributed by atoms with Crippen molar-refractivity contribution in [2.75, 3.05) is 11.6 Å². The van der Waals surface area contributed by atoms with Crippen LogP contribution in [0.2, 0.25) is 0 Å². The van der Waals surface area contributed by atoms with Crippen LogP contribution in [0.1, 0.15) is 41.7 Å². The highest BCUT2D eigenvalue weighted by atomic mass is 32.2. The number of carbonyl (C=O) groups is 2. The van der Waals surface area contributed by atoms with Crippen LogP contribution in [-0.2, 0) is 14.6 Å². The van der Waals surface area contributed by atoms with Crippen LogP contribution in [0.4, 0.5) is 5.69 Å². The summed E-state index contributed by atoms with van der Waals surface area (Å²) in [4.78, 5) is 24.6. The Hall–Kier alpha value is -2.67. The average molecular weight is 386 g/mol. The van der Waals surface area contributed by atoms with E-state index in [9.17, 15) is 18.0 Å². The van der Waals surface area contributed by atoms with Gasteiger partial charge in [0.25, 0.3) is 5.91 Å². The van der Waals surface area contributed by atoms with Crippen molar-refractivity contribution in [2.24, 2.45) is 5.92 Å². The van der Waals surface area contributed by atoms with Gasteiger partial charge in [0, 0.05) is 23.4 Å². The highest BCUT2D eigenvalue weighted by Crippen LogP contribution is 2.30. The molecule has 3 rings (SSSR count). The topological polar surface area (TPSA) is 92.3 Å². The number of sulfone groups is 1. The number of anilines is 1. The van der Waals surface area contributed by atoms with Gasteiger partial charge in [-0.1, -0.05) is 18.2 Å². The van der Waals surface area contributed by atoms with Gasteiger partial charge < -0.3 is 10.6 Å². The summed E-state index contributed by atoms with van der Waals surface area (Å²) in [6.07, 6.45) is 2.99. The maximum atomic E-state index is 12.5. The molecule has 142 valence electrons. The normalized spacial score (nSPS) is 15.0. The summed E-state index contributed by atoms with van der Waals surface area (Å²) in [5.41, 5.74) is 1.85. The Labute approximate surface area is 158 Å². The number of rotatable bonds is 6. The fraction of sp³-hybridized carbons (Fsp3) is 0.300. The second-order valence-electron chi connectivity index (χ2n) is 6.88. The molecule has 0 aliphatic heterocycles. The number of hydrogen-bond donors (Lipinski definition) is 2. The summed E-state index contributed by atoms with van der Waals surface area (Å²) in [5, 5.41) is 5.71. The lowest BCUT2D eigenvalue weighted by Crippen LogP contribution is -2.26. The monoisotopic (exact) mass is 386 g/mol. The number of hydrogen-bond acceptors (Lipinski definition) is 4. The molecule has 1 saturated carbocycles. The van der Waals surface area contributed by atoms with Gasteiger partial charge in [-0.3, -0.25) is 9.59 Å². The standard InChI is InChI=1S/C20H22N2O4S/c1-13(14-8-10-18(11-9-14)27(2,25)26)21-20(24)16-4-3-5-17(12-16)22-19(23)15-6-7-15/h3-5,8-13,15H,6-7H2,1-2H3,(H,21,24)(H,22,23). The molecule has 1 atom stereocenters. The van der Waals surface area contributed by atoms with Crippen molar-refractivity contribution in [3.8, 4) is 0 Å². The summed E-state index contributed by atoms with van der Waals surface area (Å²) < 4.78 is 23.1. The van der Waals surface area contributed by atoms with Crippen LogP contribution in [0.15, 0.2) is 53.4 Å². The van der Waals surface area contributed by atoms with E-state index in [2.05, 4.69) is 10.6 Å². The van der Waals surface area contributed by atoms with Gasteiger partial charge in [-0.25, -0.2) is 8.42 Å². The van der Waals surface area contributed by atoms with Gasteiger partial charge in [-0.05, 0) is 55.7 Å². The Morgan fingerprint density at radius 3 is 2.33 bits per heavy atom. The summed E-state index contributed by atoms with van der Waals surface area (Å²) in [7, 11) is -3.25. The van der Waals surface area contributed by atoms with Gasteiger partial charge >= 0.3 is 0 Å². The van der Waals surface area contributed by atoms with Gasteiger partial charge in [0.2, 0.25) is 5.91 Å². The van der Waals surface area contributed by atoms with Gasteiger partial charge in [-0.2, -0.15) is 0 Å². The third-order valence-electron chi connectivity index (χ3n) is 4.50. The van der Waals surface area contributed by atoms with E-state index in [-0.39, 0.29) is 28.7 Å². The van der Waals surface area contributed by atoms with E-state index in [1.165, 1.54) is 12.1 Å². The molecular formula is C20H22N2O4S. The minimum Gasteiger partial charge on any atom is -0.346 e. The van der Waals surface area contributed by atoms with Crippen LogP contribution < -0.4 is 10.6 Å². The van der Waals surface area contributed by atoms with Gasteiger partial charge in [0.15, 0.2) is 9.84 Å². The maximum absolute atomic E-state index is 12.5. The van der Waals surface area contributed by atoms with Crippen LogP contribution in [0.25, 0.3) is 0 Å². The maximum Gasteiger partial charge on any atom is 0.251 e. The van der Waals surface area contributed by atoms with Crippen molar-refractivity contribution in [3.63, 3.8) is 0 Å². The molecular weight excluding hydrogens is 364 g/mol. The molecule has 27 heavy (non-hydrogen) atoms. The minimum atomic E-state index is -3.25. The molecule has 1 unspecified atom stereocenters. The van der Waals surface area contributed by atoms with Crippen molar-refractivity contribution in [2.45, 2.75) is 30.7 Å². The highest BCUT2D eigenvalue weighted by molar-refractivity contribution is 7.90. The van der Waals surface area contributed by atoms with Crippen molar-refractivity contribution >= 4 is 27.3 Å². The zero-order valence-corrected chi connectivity index (χ0v) is 16.0. The van der Waals surface area contributed by atoms with Crippen molar-refractivity contribution in [3.05, 3.63) is 59.7 Å². The first-order valence-electron chi connectivity index (χ1n) is 8.76. The molecule has 0 aromatic heterocycles. The van der Waals surface area contributed by atoms with E-state index in [4.69, 9.17) is 0 Å². The Kier molecular flexibility index (Phi) is 5.32. The summed E-state index contributed by atoms with van der Waals surface area (Å²) in [6, 6.07) is 12.9. The molecule has 2 aromatic carbocycles. The molecule has 7 heteroatoms. The molecule has 6 nitrogen and oxygen atoms in total. The lowest BCUT2D eigenvalue weighted by atomic mass is 10.1. The van der Waals surface area contributed by atoms with Gasteiger partial charge in [0.05, 0.1) is 10.9 Å². The predicted octanol–water partition coefficient (Wildman–Crippen LogP) is 2.93. The van der Waals surface area contributed by atoms with Crippen molar-refractivity contribution in [1.29, 1.82) is 0 Å². The van der Waals surface area contributed by atoms with Gasteiger partial charge in [0.1, 0.15) is 0 Å². The smallest absolute Gasteiger partial charge is 0.251 e. The molecule has 0 spiro atoms. The number of carbonyl (C=O) groups excluding carboxylic acids is 2. The zero-order valence-electron chi connectivity index (χ0n) is 15.2. The third-order valence-corrected chi connectivity index (χ3v) is 5.62. The van der Waals surface area contributed by atoms with Crippen LogP contribution in [0.5, 0.6) is 0 Å². The predicted molar refractivity (Wildman–Crippen MR) is 103 cm³/mol. The van der Waals surface area contributed by atoms with E-state index in [1.54, 1.807) is 36.4 Å². The lowest BCUT2D eigenvalue weighted by Gasteiger charge is -2.15. The Morgan fingerprint density at radius 1 is 1.07 bits per heavy atom. The Bertz CT molecular complexity index is 964. The van der Waals surface area contributed by atoms with Crippen LogP contribution in [-0.4, -0.2) is 26.5 Å². The van der Waals surface area contributed by atoms with E-state index >= 15 is 0 Å². The fourth-order valence-corrected chi connectivity index (χ4v) is 3.33. The minimum absolute atomic E-state index is 0.00751. The van der Waals surface area contributed by atoms with Crippen LogP contribution in [0.3, 0.4) is 0 Å². The fourth-order valence-electron chi connectivity index (χ4n) is 2.70. The summed E-state index contributed by atoms with van der Waals surface area (Å²) >= 11 is 0. The quantitative estimate of drug-likeness (QED) is 0.798. The molecule has 2 aromatic rings. The molecule has 1 aliphatic carbocycles. The summed E-state index contributed by atoms with van der Waals surface area (Å²) in [5.74, 6) is -0.179.